The first-order valence-corrected chi connectivity index (χ1v) is 7.40. The van der Waals surface area contributed by atoms with Gasteiger partial charge in [-0.1, -0.05) is 6.07 Å². The van der Waals surface area contributed by atoms with Crippen LogP contribution in [0.25, 0.3) is 0 Å². The summed E-state index contributed by atoms with van der Waals surface area (Å²) in [7, 11) is -4.05. The van der Waals surface area contributed by atoms with Gasteiger partial charge in [0.1, 0.15) is 0 Å². The van der Waals surface area contributed by atoms with Crippen LogP contribution in [0.1, 0.15) is 15.9 Å². The molecule has 0 radical (unpaired) electrons. The van der Waals surface area contributed by atoms with Crippen LogP contribution < -0.4 is 15.9 Å². The molecule has 0 aliphatic rings. The number of pyridine rings is 1. The molecule has 0 aliphatic carbocycles. The molecule has 0 bridgehead atoms. The van der Waals surface area contributed by atoms with Crippen LogP contribution in [0.3, 0.4) is 0 Å². The van der Waals surface area contributed by atoms with E-state index in [1.54, 1.807) is 6.92 Å². The molecule has 1 heterocycles. The predicted octanol–water partition coefficient (Wildman–Crippen LogP) is 0.583. The zero-order chi connectivity index (χ0) is 15.6. The highest BCUT2D eigenvalue weighted by Crippen LogP contribution is 2.21. The molecule has 7 nitrogen and oxygen atoms in total. The van der Waals surface area contributed by atoms with E-state index >= 15 is 0 Å². The zero-order valence-electron chi connectivity index (χ0n) is 11.1. The van der Waals surface area contributed by atoms with E-state index in [-0.39, 0.29) is 11.3 Å². The summed E-state index contributed by atoms with van der Waals surface area (Å²) in [5.74, 6) is -0.661. The van der Waals surface area contributed by atoms with E-state index in [9.17, 15) is 18.0 Å². The maximum Gasteiger partial charge on any atom is 0.267 e. The number of carbonyl (C=O) groups excluding carboxylic acids is 1. The Balaban J connectivity index is 2.48. The number of nitrogens with two attached hydrogens (primary N) is 1. The Bertz CT molecular complexity index is 856. The highest BCUT2D eigenvalue weighted by Gasteiger charge is 2.19. The molecular weight excluding hydrogens is 294 g/mol. The second-order valence-corrected chi connectivity index (χ2v) is 5.97. The van der Waals surface area contributed by atoms with Gasteiger partial charge in [0, 0.05) is 24.0 Å². The summed E-state index contributed by atoms with van der Waals surface area (Å²) < 4.78 is 26.7. The maximum absolute atomic E-state index is 12.2. The van der Waals surface area contributed by atoms with Crippen LogP contribution in [-0.2, 0) is 10.0 Å². The highest BCUT2D eigenvalue weighted by atomic mass is 32.2. The molecule has 0 atom stereocenters. The van der Waals surface area contributed by atoms with E-state index in [2.05, 4.69) is 9.71 Å². The van der Waals surface area contributed by atoms with E-state index in [1.807, 2.05) is 0 Å². The average molecular weight is 307 g/mol. The van der Waals surface area contributed by atoms with Crippen molar-refractivity contribution in [1.29, 1.82) is 0 Å². The summed E-state index contributed by atoms with van der Waals surface area (Å²) in [5, 5.41) is 0. The fourth-order valence-corrected chi connectivity index (χ4v) is 3.00. The minimum absolute atomic E-state index is 0.189. The van der Waals surface area contributed by atoms with Gasteiger partial charge in [-0.2, -0.15) is 0 Å². The second-order valence-electron chi connectivity index (χ2n) is 4.32. The van der Waals surface area contributed by atoms with Crippen molar-refractivity contribution in [2.45, 2.75) is 11.8 Å². The van der Waals surface area contributed by atoms with Crippen molar-refractivity contribution in [3.8, 4) is 0 Å². The van der Waals surface area contributed by atoms with Crippen LogP contribution in [0.15, 0.2) is 46.3 Å². The first kappa shape index (κ1) is 14.8. The number of aromatic amines is 1. The molecule has 0 unspecified atom stereocenters. The number of amides is 1. The Kier molecular flexibility index (Phi) is 3.81. The third-order valence-corrected chi connectivity index (χ3v) is 4.31. The molecule has 21 heavy (non-hydrogen) atoms. The minimum Gasteiger partial charge on any atom is -0.366 e. The van der Waals surface area contributed by atoms with Gasteiger partial charge >= 0.3 is 0 Å². The second kappa shape index (κ2) is 5.41. The van der Waals surface area contributed by atoms with Crippen molar-refractivity contribution in [3.05, 3.63) is 58.0 Å². The molecule has 0 saturated heterocycles. The summed E-state index contributed by atoms with van der Waals surface area (Å²) >= 11 is 0. The third kappa shape index (κ3) is 2.95. The summed E-state index contributed by atoms with van der Waals surface area (Å²) in [6.07, 6.45) is 2.43. The Hall–Kier alpha value is -2.61. The molecule has 0 saturated carbocycles. The number of aromatic nitrogens is 1. The molecule has 4 N–H and O–H groups in total. The van der Waals surface area contributed by atoms with E-state index in [4.69, 9.17) is 5.73 Å². The maximum atomic E-state index is 12.2. The van der Waals surface area contributed by atoms with Gasteiger partial charge < -0.3 is 10.7 Å². The summed E-state index contributed by atoms with van der Waals surface area (Å²) in [6.45, 7) is 1.56. The highest BCUT2D eigenvalue weighted by molar-refractivity contribution is 7.92. The summed E-state index contributed by atoms with van der Waals surface area (Å²) in [4.78, 5) is 25.0. The molecular formula is C13H13N3O4S. The predicted molar refractivity (Wildman–Crippen MR) is 77.6 cm³/mol. The van der Waals surface area contributed by atoms with E-state index in [0.717, 1.165) is 12.3 Å². The molecule has 0 aliphatic heterocycles. The molecule has 2 aromatic rings. The number of H-pyrrole nitrogens is 1. The molecule has 2 rings (SSSR count). The van der Waals surface area contributed by atoms with Crippen LogP contribution in [0, 0.1) is 6.92 Å². The quantitative estimate of drug-likeness (QED) is 0.764. The van der Waals surface area contributed by atoms with Crippen LogP contribution in [-0.4, -0.2) is 19.3 Å². The number of benzene rings is 1. The topological polar surface area (TPSA) is 122 Å². The van der Waals surface area contributed by atoms with Gasteiger partial charge in [-0.25, -0.2) is 8.42 Å². The number of hydrogen-bond acceptors (Lipinski definition) is 4. The number of anilines is 1. The Morgan fingerprint density at radius 3 is 2.62 bits per heavy atom. The first-order valence-electron chi connectivity index (χ1n) is 5.92. The Morgan fingerprint density at radius 1 is 1.29 bits per heavy atom. The molecule has 0 fully saturated rings. The third-order valence-electron chi connectivity index (χ3n) is 2.92. The van der Waals surface area contributed by atoms with Crippen molar-refractivity contribution in [2.75, 3.05) is 4.72 Å². The largest absolute Gasteiger partial charge is 0.366 e. The number of carbonyl (C=O) groups is 1. The Labute approximate surface area is 120 Å². The normalized spacial score (nSPS) is 11.1. The van der Waals surface area contributed by atoms with Crippen LogP contribution in [0.2, 0.25) is 0 Å². The fourth-order valence-electron chi connectivity index (χ4n) is 1.82. The first-order chi connectivity index (χ1) is 9.83. The summed E-state index contributed by atoms with van der Waals surface area (Å²) in [6, 6.07) is 5.59. The van der Waals surface area contributed by atoms with E-state index < -0.39 is 26.3 Å². The lowest BCUT2D eigenvalue weighted by atomic mass is 10.1. The van der Waals surface area contributed by atoms with Crippen molar-refractivity contribution in [3.63, 3.8) is 0 Å². The SMILES string of the molecule is Cc1c(NS(=O)(=O)c2c[nH]ccc2=O)cccc1C(N)=O. The molecule has 1 aromatic carbocycles. The van der Waals surface area contributed by atoms with Crippen molar-refractivity contribution in [2.24, 2.45) is 5.73 Å². The van der Waals surface area contributed by atoms with E-state index in [0.29, 0.717) is 5.56 Å². The lowest BCUT2D eigenvalue weighted by Crippen LogP contribution is -2.22. The molecule has 0 spiro atoms. The van der Waals surface area contributed by atoms with Gasteiger partial charge in [0.15, 0.2) is 4.90 Å². The van der Waals surface area contributed by atoms with Crippen LogP contribution in [0.4, 0.5) is 5.69 Å². The van der Waals surface area contributed by atoms with Crippen molar-refractivity contribution in [1.82, 2.24) is 4.98 Å². The zero-order valence-corrected chi connectivity index (χ0v) is 11.9. The van der Waals surface area contributed by atoms with Gasteiger partial charge in [-0.05, 0) is 24.6 Å². The van der Waals surface area contributed by atoms with Crippen molar-refractivity contribution < 1.29 is 13.2 Å². The molecule has 8 heteroatoms. The van der Waals surface area contributed by atoms with Gasteiger partial charge in [-0.15, -0.1) is 0 Å². The number of nitrogens with one attached hydrogen (secondary N) is 2. The number of hydrogen-bond donors (Lipinski definition) is 3. The van der Waals surface area contributed by atoms with E-state index in [1.165, 1.54) is 24.4 Å². The monoisotopic (exact) mass is 307 g/mol. The smallest absolute Gasteiger partial charge is 0.267 e. The van der Waals surface area contributed by atoms with Crippen molar-refractivity contribution >= 4 is 21.6 Å². The number of sulfonamides is 1. The van der Waals surface area contributed by atoms with Gasteiger partial charge in [0.05, 0.1) is 5.69 Å². The standard InChI is InChI=1S/C13H13N3O4S/c1-8-9(13(14)18)3-2-4-10(8)16-21(19,20)12-7-15-6-5-11(12)17/h2-7,16H,1H3,(H2,14,18)(H,15,17). The average Bonchev–Trinajstić information content (AvgIpc) is 2.41. The van der Waals surface area contributed by atoms with Gasteiger partial charge in [0.2, 0.25) is 11.3 Å². The number of rotatable bonds is 4. The number of primary amides is 1. The lowest BCUT2D eigenvalue weighted by molar-refractivity contribution is 0.0999. The summed E-state index contributed by atoms with van der Waals surface area (Å²) in [5.41, 5.74) is 5.36. The van der Waals surface area contributed by atoms with Gasteiger partial charge in [-0.3, -0.25) is 14.3 Å². The molecule has 1 aromatic heterocycles. The van der Waals surface area contributed by atoms with Crippen LogP contribution in [0.5, 0.6) is 0 Å². The van der Waals surface area contributed by atoms with Crippen LogP contribution >= 0.6 is 0 Å². The Morgan fingerprint density at radius 2 is 2.00 bits per heavy atom. The lowest BCUT2D eigenvalue weighted by Gasteiger charge is -2.11. The van der Waals surface area contributed by atoms with Gasteiger partial charge in [0.25, 0.3) is 10.0 Å². The molecule has 110 valence electrons. The minimum atomic E-state index is -4.05. The molecule has 1 amide bonds. The fraction of sp³-hybridized carbons (Fsp3) is 0.0769.